The Morgan fingerprint density at radius 3 is 2.79 bits per heavy atom. The van der Waals surface area contributed by atoms with E-state index in [0.29, 0.717) is 11.6 Å². The molecular formula is C23H27ClN4O. The third kappa shape index (κ3) is 3.89. The molecule has 5 nitrogen and oxygen atoms in total. The number of imidazole rings is 1. The molecule has 3 aromatic rings. The third-order valence-electron chi connectivity index (χ3n) is 5.75. The summed E-state index contributed by atoms with van der Waals surface area (Å²) in [6.07, 6.45) is 0.985. The Hall–Kier alpha value is -2.37. The lowest BCUT2D eigenvalue weighted by atomic mass is 10.1. The van der Waals surface area contributed by atoms with Gasteiger partial charge in [0.25, 0.3) is 5.91 Å². The van der Waals surface area contributed by atoms with Gasteiger partial charge in [-0.1, -0.05) is 12.1 Å². The van der Waals surface area contributed by atoms with E-state index in [4.69, 9.17) is 11.6 Å². The van der Waals surface area contributed by atoms with Crippen molar-refractivity contribution in [1.29, 1.82) is 0 Å². The summed E-state index contributed by atoms with van der Waals surface area (Å²) < 4.78 is 2.10. The molecule has 152 valence electrons. The molecule has 1 unspecified atom stereocenters. The Balaban J connectivity index is 1.60. The van der Waals surface area contributed by atoms with Crippen molar-refractivity contribution >= 4 is 28.5 Å². The molecule has 1 aliphatic heterocycles. The van der Waals surface area contributed by atoms with E-state index in [1.807, 2.05) is 43.3 Å². The predicted octanol–water partition coefficient (Wildman–Crippen LogP) is 4.29. The number of likely N-dealkylation sites (tertiary alicyclic amines) is 1. The SMILES string of the molecule is Cc1nc2ccccc2n1-c1ccc(C(=O)NC2CCN(C(C)C)C2)c(CCl)c1. The van der Waals surface area contributed by atoms with Crippen LogP contribution < -0.4 is 5.32 Å². The highest BCUT2D eigenvalue weighted by Crippen LogP contribution is 2.24. The normalized spacial score (nSPS) is 17.3. The first-order chi connectivity index (χ1) is 14.0. The quantitative estimate of drug-likeness (QED) is 0.638. The molecule has 0 bridgehead atoms. The fraction of sp³-hybridized carbons (Fsp3) is 0.391. The number of hydrogen-bond acceptors (Lipinski definition) is 3. The zero-order chi connectivity index (χ0) is 20.5. The molecule has 1 aliphatic rings. The number of para-hydroxylation sites is 2. The molecule has 1 saturated heterocycles. The molecule has 2 aromatic carbocycles. The number of amides is 1. The highest BCUT2D eigenvalue weighted by molar-refractivity contribution is 6.17. The smallest absolute Gasteiger partial charge is 0.251 e. The average Bonchev–Trinajstić information content (AvgIpc) is 3.31. The molecule has 0 radical (unpaired) electrons. The fourth-order valence-electron chi connectivity index (χ4n) is 4.16. The monoisotopic (exact) mass is 410 g/mol. The van der Waals surface area contributed by atoms with Crippen LogP contribution in [0.2, 0.25) is 0 Å². The van der Waals surface area contributed by atoms with Gasteiger partial charge in [0.1, 0.15) is 5.82 Å². The first-order valence-electron chi connectivity index (χ1n) is 10.2. The van der Waals surface area contributed by atoms with Crippen LogP contribution >= 0.6 is 11.6 Å². The number of nitrogens with zero attached hydrogens (tertiary/aromatic N) is 3. The maximum absolute atomic E-state index is 12.9. The van der Waals surface area contributed by atoms with E-state index in [1.54, 1.807) is 0 Å². The van der Waals surface area contributed by atoms with Crippen LogP contribution in [0.1, 0.15) is 42.0 Å². The molecule has 0 spiro atoms. The molecule has 1 amide bonds. The molecular weight excluding hydrogens is 384 g/mol. The number of benzene rings is 2. The van der Waals surface area contributed by atoms with Crippen molar-refractivity contribution in [3.63, 3.8) is 0 Å². The van der Waals surface area contributed by atoms with Crippen LogP contribution in [0.5, 0.6) is 0 Å². The van der Waals surface area contributed by atoms with Crippen LogP contribution in [0, 0.1) is 6.92 Å². The molecule has 1 N–H and O–H groups in total. The van der Waals surface area contributed by atoms with Crippen LogP contribution in [0.4, 0.5) is 0 Å². The van der Waals surface area contributed by atoms with Crippen LogP contribution in [0.3, 0.4) is 0 Å². The molecule has 4 rings (SSSR count). The second kappa shape index (κ2) is 8.17. The summed E-state index contributed by atoms with van der Waals surface area (Å²) in [4.78, 5) is 20.0. The minimum absolute atomic E-state index is 0.0463. The highest BCUT2D eigenvalue weighted by Gasteiger charge is 2.26. The summed E-state index contributed by atoms with van der Waals surface area (Å²) in [5, 5.41) is 3.19. The number of hydrogen-bond donors (Lipinski definition) is 1. The lowest BCUT2D eigenvalue weighted by Gasteiger charge is -2.20. The molecule has 29 heavy (non-hydrogen) atoms. The van der Waals surface area contributed by atoms with Crippen LogP contribution in [-0.4, -0.2) is 45.5 Å². The maximum Gasteiger partial charge on any atom is 0.251 e. The van der Waals surface area contributed by atoms with Gasteiger partial charge in [0, 0.05) is 42.3 Å². The van der Waals surface area contributed by atoms with Gasteiger partial charge in [0.2, 0.25) is 0 Å². The van der Waals surface area contributed by atoms with Crippen molar-refractivity contribution in [2.45, 2.75) is 45.2 Å². The van der Waals surface area contributed by atoms with Crippen molar-refractivity contribution in [3.8, 4) is 5.69 Å². The number of aryl methyl sites for hydroxylation is 1. The second-order valence-corrected chi connectivity index (χ2v) is 8.27. The van der Waals surface area contributed by atoms with Gasteiger partial charge in [-0.3, -0.25) is 14.3 Å². The van der Waals surface area contributed by atoms with Crippen LogP contribution in [-0.2, 0) is 5.88 Å². The molecule has 1 fully saturated rings. The standard InChI is InChI=1S/C23H27ClN4O/c1-15(2)27-11-10-18(14-27)26-23(29)20-9-8-19(12-17(20)13-24)28-16(3)25-21-6-4-5-7-22(21)28/h4-9,12,15,18H,10-11,13-14H2,1-3H3,(H,26,29). The average molecular weight is 411 g/mol. The van der Waals surface area contributed by atoms with E-state index in [1.165, 1.54) is 0 Å². The van der Waals surface area contributed by atoms with Crippen molar-refractivity contribution in [2.75, 3.05) is 13.1 Å². The topological polar surface area (TPSA) is 50.2 Å². The van der Waals surface area contributed by atoms with Gasteiger partial charge >= 0.3 is 0 Å². The van der Waals surface area contributed by atoms with Crippen molar-refractivity contribution < 1.29 is 4.79 Å². The summed E-state index contributed by atoms with van der Waals surface area (Å²) in [6, 6.07) is 14.6. The van der Waals surface area contributed by atoms with Crippen LogP contribution in [0.25, 0.3) is 16.7 Å². The molecule has 6 heteroatoms. The number of rotatable bonds is 5. The Morgan fingerprint density at radius 2 is 2.07 bits per heavy atom. The zero-order valence-electron chi connectivity index (χ0n) is 17.2. The second-order valence-electron chi connectivity index (χ2n) is 8.01. The van der Waals surface area contributed by atoms with Crippen LogP contribution in [0.15, 0.2) is 42.5 Å². The van der Waals surface area contributed by atoms with Gasteiger partial charge in [-0.25, -0.2) is 4.98 Å². The summed E-state index contributed by atoms with van der Waals surface area (Å²) in [5.41, 5.74) is 4.44. The first-order valence-corrected chi connectivity index (χ1v) is 10.7. The number of halogens is 1. The van der Waals surface area contributed by atoms with E-state index in [9.17, 15) is 4.79 Å². The zero-order valence-corrected chi connectivity index (χ0v) is 17.9. The lowest BCUT2D eigenvalue weighted by molar-refractivity contribution is 0.0936. The number of nitrogens with one attached hydrogen (secondary N) is 1. The third-order valence-corrected chi connectivity index (χ3v) is 6.04. The Morgan fingerprint density at radius 1 is 1.28 bits per heavy atom. The summed E-state index contributed by atoms with van der Waals surface area (Å²) in [7, 11) is 0. The van der Waals surface area contributed by atoms with E-state index in [-0.39, 0.29) is 17.8 Å². The summed E-state index contributed by atoms with van der Waals surface area (Å²) >= 11 is 6.24. The fourth-order valence-corrected chi connectivity index (χ4v) is 4.38. The van der Waals surface area contributed by atoms with Gasteiger partial charge in [-0.15, -0.1) is 11.6 Å². The van der Waals surface area contributed by atoms with E-state index in [2.05, 4.69) is 39.7 Å². The minimum atomic E-state index is -0.0463. The Bertz CT molecular complexity index is 1040. The lowest BCUT2D eigenvalue weighted by Crippen LogP contribution is -2.38. The van der Waals surface area contributed by atoms with Gasteiger partial charge in [0.15, 0.2) is 0 Å². The maximum atomic E-state index is 12.9. The first kappa shape index (κ1) is 19.9. The number of aromatic nitrogens is 2. The van der Waals surface area contributed by atoms with Gasteiger partial charge in [0.05, 0.1) is 11.0 Å². The summed E-state index contributed by atoms with van der Waals surface area (Å²) in [6.45, 7) is 8.29. The minimum Gasteiger partial charge on any atom is -0.348 e. The largest absolute Gasteiger partial charge is 0.348 e. The van der Waals surface area contributed by atoms with E-state index in [0.717, 1.165) is 47.6 Å². The highest BCUT2D eigenvalue weighted by atomic mass is 35.5. The molecule has 2 heterocycles. The van der Waals surface area contributed by atoms with Gasteiger partial charge in [-0.05, 0) is 63.1 Å². The van der Waals surface area contributed by atoms with Crippen molar-refractivity contribution in [3.05, 3.63) is 59.4 Å². The Kier molecular flexibility index (Phi) is 5.61. The van der Waals surface area contributed by atoms with E-state index >= 15 is 0 Å². The summed E-state index contributed by atoms with van der Waals surface area (Å²) in [5.74, 6) is 1.14. The van der Waals surface area contributed by atoms with Crippen molar-refractivity contribution in [1.82, 2.24) is 19.8 Å². The Labute approximate surface area is 176 Å². The van der Waals surface area contributed by atoms with Gasteiger partial charge < -0.3 is 5.32 Å². The number of carbonyl (C=O) groups is 1. The van der Waals surface area contributed by atoms with Gasteiger partial charge in [-0.2, -0.15) is 0 Å². The predicted molar refractivity (Wildman–Crippen MR) is 118 cm³/mol. The number of alkyl halides is 1. The van der Waals surface area contributed by atoms with Crippen molar-refractivity contribution in [2.24, 2.45) is 0 Å². The number of carbonyl (C=O) groups excluding carboxylic acids is 1. The molecule has 1 atom stereocenters. The van der Waals surface area contributed by atoms with E-state index < -0.39 is 0 Å². The number of fused-ring (bicyclic) bond motifs is 1. The molecule has 0 saturated carbocycles. The molecule has 0 aliphatic carbocycles. The molecule has 1 aromatic heterocycles.